The van der Waals surface area contributed by atoms with Crippen molar-refractivity contribution >= 4 is 29.3 Å². The van der Waals surface area contributed by atoms with Gasteiger partial charge in [-0.15, -0.1) is 11.8 Å². The van der Waals surface area contributed by atoms with Gasteiger partial charge in [0.15, 0.2) is 0 Å². The molecule has 1 heterocycles. The summed E-state index contributed by atoms with van der Waals surface area (Å²) in [7, 11) is 1.73. The summed E-state index contributed by atoms with van der Waals surface area (Å²) in [4.78, 5) is 25.6. The monoisotopic (exact) mass is 265 g/mol. The minimum absolute atomic E-state index is 0.00856. The van der Waals surface area contributed by atoms with Crippen LogP contribution in [0.2, 0.25) is 0 Å². The summed E-state index contributed by atoms with van der Waals surface area (Å²) in [6.07, 6.45) is 1.87. The molecule has 96 valence electrons. The Morgan fingerprint density at radius 2 is 2.22 bits per heavy atom. The zero-order valence-corrected chi connectivity index (χ0v) is 11.4. The number of ether oxygens (including phenoxy) is 1. The van der Waals surface area contributed by atoms with E-state index in [0.717, 1.165) is 11.3 Å². The van der Waals surface area contributed by atoms with Gasteiger partial charge < -0.3 is 9.64 Å². The van der Waals surface area contributed by atoms with Gasteiger partial charge in [-0.25, -0.2) is 4.79 Å². The van der Waals surface area contributed by atoms with E-state index in [9.17, 15) is 9.59 Å². The van der Waals surface area contributed by atoms with E-state index in [1.54, 1.807) is 31.0 Å². The van der Waals surface area contributed by atoms with E-state index in [0.29, 0.717) is 12.2 Å². The molecule has 0 radical (unpaired) electrons. The Morgan fingerprint density at radius 3 is 2.83 bits per heavy atom. The maximum Gasteiger partial charge on any atom is 0.338 e. The predicted molar refractivity (Wildman–Crippen MR) is 72.1 cm³/mol. The zero-order chi connectivity index (χ0) is 13.3. The van der Waals surface area contributed by atoms with E-state index in [-0.39, 0.29) is 17.1 Å². The van der Waals surface area contributed by atoms with Crippen LogP contribution in [0, 0.1) is 0 Å². The van der Waals surface area contributed by atoms with E-state index < -0.39 is 0 Å². The molecule has 0 fully saturated rings. The van der Waals surface area contributed by atoms with Crippen molar-refractivity contribution in [3.8, 4) is 0 Å². The molecule has 1 atom stereocenters. The Bertz CT molecular complexity index is 501. The number of nitrogens with zero attached hydrogens (tertiary/aromatic N) is 1. The number of benzene rings is 1. The Kier molecular flexibility index (Phi) is 3.61. The van der Waals surface area contributed by atoms with Crippen molar-refractivity contribution in [3.63, 3.8) is 0 Å². The summed E-state index contributed by atoms with van der Waals surface area (Å²) >= 11 is 1.44. The van der Waals surface area contributed by atoms with Gasteiger partial charge in [0.05, 0.1) is 12.2 Å². The molecule has 1 aliphatic rings. The maximum absolute atomic E-state index is 12.1. The standard InChI is InChI=1S/C13H15NO3S/c1-4-17-13(16)8-6-5-7-9-10(8)11(18-3)12(15)14(9)2/h5-7,11H,4H2,1-3H3. The third-order valence-corrected chi connectivity index (χ3v) is 3.90. The van der Waals surface area contributed by atoms with Crippen molar-refractivity contribution in [2.45, 2.75) is 12.2 Å². The van der Waals surface area contributed by atoms with Crippen LogP contribution in [-0.4, -0.2) is 31.8 Å². The van der Waals surface area contributed by atoms with Crippen LogP contribution in [-0.2, 0) is 9.53 Å². The summed E-state index contributed by atoms with van der Waals surface area (Å²) < 4.78 is 5.04. The highest BCUT2D eigenvalue weighted by Crippen LogP contribution is 2.43. The van der Waals surface area contributed by atoms with Gasteiger partial charge in [0.25, 0.3) is 0 Å². The highest BCUT2D eigenvalue weighted by atomic mass is 32.2. The SMILES string of the molecule is CCOC(=O)c1cccc2c1C(SC)C(=O)N2C. The number of amides is 1. The summed E-state index contributed by atoms with van der Waals surface area (Å²) in [5.41, 5.74) is 2.06. The highest BCUT2D eigenvalue weighted by molar-refractivity contribution is 7.99. The molecule has 0 aliphatic carbocycles. The molecule has 1 aromatic rings. The smallest absolute Gasteiger partial charge is 0.338 e. The summed E-state index contributed by atoms with van der Waals surface area (Å²) in [6, 6.07) is 5.34. The van der Waals surface area contributed by atoms with Gasteiger partial charge in [0.2, 0.25) is 5.91 Å². The lowest BCUT2D eigenvalue weighted by Crippen LogP contribution is -2.22. The Morgan fingerprint density at radius 1 is 1.50 bits per heavy atom. The lowest BCUT2D eigenvalue weighted by molar-refractivity contribution is -0.117. The van der Waals surface area contributed by atoms with Gasteiger partial charge in [-0.3, -0.25) is 4.79 Å². The van der Waals surface area contributed by atoms with Crippen LogP contribution >= 0.6 is 11.8 Å². The topological polar surface area (TPSA) is 46.6 Å². The van der Waals surface area contributed by atoms with Crippen molar-refractivity contribution < 1.29 is 14.3 Å². The van der Waals surface area contributed by atoms with Crippen molar-refractivity contribution in [1.82, 2.24) is 0 Å². The molecule has 0 aromatic heterocycles. The molecule has 0 spiro atoms. The fourth-order valence-corrected chi connectivity index (χ4v) is 2.99. The van der Waals surface area contributed by atoms with Gasteiger partial charge in [-0.05, 0) is 25.3 Å². The number of anilines is 1. The molecule has 5 heteroatoms. The molecule has 2 rings (SSSR count). The molecule has 18 heavy (non-hydrogen) atoms. The Balaban J connectivity index is 2.54. The van der Waals surface area contributed by atoms with Crippen LogP contribution in [0.4, 0.5) is 5.69 Å². The predicted octanol–water partition coefficient (Wildman–Crippen LogP) is 2.24. The molecule has 0 saturated carbocycles. The Labute approximate surface area is 110 Å². The van der Waals surface area contributed by atoms with E-state index in [4.69, 9.17) is 4.74 Å². The van der Waals surface area contributed by atoms with E-state index in [1.165, 1.54) is 11.8 Å². The molecule has 0 saturated heterocycles. The van der Waals surface area contributed by atoms with Crippen molar-refractivity contribution in [2.24, 2.45) is 0 Å². The normalized spacial score (nSPS) is 17.8. The van der Waals surface area contributed by atoms with Crippen LogP contribution in [0.25, 0.3) is 0 Å². The number of carbonyl (C=O) groups is 2. The fourth-order valence-electron chi connectivity index (χ4n) is 2.14. The second-order valence-electron chi connectivity index (χ2n) is 3.97. The van der Waals surface area contributed by atoms with Gasteiger partial charge in [0, 0.05) is 18.3 Å². The molecular formula is C13H15NO3S. The first kappa shape index (κ1) is 13.0. The number of rotatable bonds is 3. The number of fused-ring (bicyclic) bond motifs is 1. The number of esters is 1. The number of carbonyl (C=O) groups excluding carboxylic acids is 2. The van der Waals surface area contributed by atoms with Gasteiger partial charge in [-0.1, -0.05) is 6.07 Å². The van der Waals surface area contributed by atoms with Gasteiger partial charge in [-0.2, -0.15) is 0 Å². The molecular weight excluding hydrogens is 250 g/mol. The van der Waals surface area contributed by atoms with Crippen LogP contribution in [0.3, 0.4) is 0 Å². The van der Waals surface area contributed by atoms with Crippen LogP contribution < -0.4 is 4.90 Å². The average molecular weight is 265 g/mol. The summed E-state index contributed by atoms with van der Waals surface area (Å²) in [5.74, 6) is -0.356. The molecule has 1 amide bonds. The van der Waals surface area contributed by atoms with Crippen molar-refractivity contribution in [1.29, 1.82) is 0 Å². The second-order valence-corrected chi connectivity index (χ2v) is 4.91. The number of likely N-dealkylation sites (N-methyl/N-ethyl adjacent to an activating group) is 1. The number of thioether (sulfide) groups is 1. The van der Waals surface area contributed by atoms with Crippen molar-refractivity contribution in [2.75, 3.05) is 24.8 Å². The Hall–Kier alpha value is -1.49. The first-order valence-corrected chi connectivity index (χ1v) is 7.01. The van der Waals surface area contributed by atoms with E-state index in [1.807, 2.05) is 12.3 Å². The maximum atomic E-state index is 12.1. The lowest BCUT2D eigenvalue weighted by Gasteiger charge is -2.11. The molecule has 0 bridgehead atoms. The molecule has 1 aromatic carbocycles. The molecule has 1 aliphatic heterocycles. The summed E-state index contributed by atoms with van der Waals surface area (Å²) in [6.45, 7) is 2.10. The summed E-state index contributed by atoms with van der Waals surface area (Å²) in [5, 5.41) is -0.314. The molecule has 4 nitrogen and oxygen atoms in total. The van der Waals surface area contributed by atoms with E-state index >= 15 is 0 Å². The highest BCUT2D eigenvalue weighted by Gasteiger charge is 2.37. The number of hydrogen-bond donors (Lipinski definition) is 0. The number of hydrogen-bond acceptors (Lipinski definition) is 4. The quantitative estimate of drug-likeness (QED) is 0.786. The lowest BCUT2D eigenvalue weighted by atomic mass is 10.0. The minimum atomic E-state index is -0.364. The van der Waals surface area contributed by atoms with Crippen molar-refractivity contribution in [3.05, 3.63) is 29.3 Å². The largest absolute Gasteiger partial charge is 0.462 e. The average Bonchev–Trinajstić information content (AvgIpc) is 2.62. The van der Waals surface area contributed by atoms with E-state index in [2.05, 4.69) is 0 Å². The van der Waals surface area contributed by atoms with Crippen LogP contribution in [0.1, 0.15) is 28.1 Å². The third kappa shape index (κ3) is 1.88. The fraction of sp³-hybridized carbons (Fsp3) is 0.385. The second kappa shape index (κ2) is 5.02. The minimum Gasteiger partial charge on any atom is -0.462 e. The first-order valence-electron chi connectivity index (χ1n) is 5.72. The molecule has 1 unspecified atom stereocenters. The first-order chi connectivity index (χ1) is 8.61. The van der Waals surface area contributed by atoms with Gasteiger partial charge >= 0.3 is 5.97 Å². The van der Waals surface area contributed by atoms with Crippen LogP contribution in [0.5, 0.6) is 0 Å². The zero-order valence-electron chi connectivity index (χ0n) is 10.6. The van der Waals surface area contributed by atoms with Gasteiger partial charge in [0.1, 0.15) is 5.25 Å². The van der Waals surface area contributed by atoms with Crippen LogP contribution in [0.15, 0.2) is 18.2 Å². The molecule has 0 N–H and O–H groups in total. The third-order valence-electron chi connectivity index (χ3n) is 2.99.